The first-order valence-electron chi connectivity index (χ1n) is 5.86. The lowest BCUT2D eigenvalue weighted by Gasteiger charge is -2.16. The van der Waals surface area contributed by atoms with Gasteiger partial charge in [-0.1, -0.05) is 42.1 Å². The summed E-state index contributed by atoms with van der Waals surface area (Å²) < 4.78 is 5.20. The van der Waals surface area contributed by atoms with E-state index >= 15 is 0 Å². The van der Waals surface area contributed by atoms with Crippen LogP contribution in [0.25, 0.3) is 0 Å². The van der Waals surface area contributed by atoms with Crippen LogP contribution in [0, 0.1) is 6.92 Å². The van der Waals surface area contributed by atoms with Crippen molar-refractivity contribution in [2.24, 2.45) is 0 Å². The molecule has 0 saturated carbocycles. The number of aromatic nitrogens is 2. The van der Waals surface area contributed by atoms with Gasteiger partial charge >= 0.3 is 0 Å². The second kappa shape index (κ2) is 6.38. The molecule has 0 atom stereocenters. The highest BCUT2D eigenvalue weighted by atomic mass is 32.2. The van der Waals surface area contributed by atoms with E-state index in [4.69, 9.17) is 4.42 Å². The highest BCUT2D eigenvalue weighted by Gasteiger charge is 2.12. The minimum atomic E-state index is 0.0321. The molecule has 1 aromatic carbocycles. The average molecular weight is 277 g/mol. The zero-order valence-electron chi connectivity index (χ0n) is 10.9. The fourth-order valence-corrected chi connectivity index (χ4v) is 2.26. The molecule has 19 heavy (non-hydrogen) atoms. The number of hydrogen-bond donors (Lipinski definition) is 0. The molecule has 2 aromatic rings. The van der Waals surface area contributed by atoms with E-state index in [-0.39, 0.29) is 5.91 Å². The van der Waals surface area contributed by atoms with Crippen LogP contribution in [0.15, 0.2) is 40.0 Å². The van der Waals surface area contributed by atoms with Crippen molar-refractivity contribution in [3.05, 3.63) is 41.8 Å². The molecule has 1 aromatic heterocycles. The molecular formula is C13H15N3O2S. The lowest BCUT2D eigenvalue weighted by Crippen LogP contribution is -2.27. The maximum Gasteiger partial charge on any atom is 0.277 e. The molecule has 0 aliphatic carbocycles. The van der Waals surface area contributed by atoms with E-state index < -0.39 is 0 Å². The molecule has 0 bridgehead atoms. The lowest BCUT2D eigenvalue weighted by atomic mass is 10.2. The van der Waals surface area contributed by atoms with Crippen LogP contribution in [0.1, 0.15) is 11.5 Å². The van der Waals surface area contributed by atoms with Gasteiger partial charge in [0.05, 0.1) is 5.75 Å². The summed E-state index contributed by atoms with van der Waals surface area (Å²) in [5.41, 5.74) is 1.11. The normalized spacial score (nSPS) is 10.4. The number of carbonyl (C=O) groups is 1. The van der Waals surface area contributed by atoms with Crippen LogP contribution in [-0.4, -0.2) is 33.8 Å². The van der Waals surface area contributed by atoms with Crippen molar-refractivity contribution in [2.75, 3.05) is 12.8 Å². The number of nitrogens with zero attached hydrogens (tertiary/aromatic N) is 3. The molecule has 0 aliphatic heterocycles. The van der Waals surface area contributed by atoms with Gasteiger partial charge in [-0.2, -0.15) is 0 Å². The summed E-state index contributed by atoms with van der Waals surface area (Å²) in [7, 11) is 1.79. The Kier molecular flexibility index (Phi) is 4.57. The van der Waals surface area contributed by atoms with Crippen LogP contribution >= 0.6 is 11.8 Å². The van der Waals surface area contributed by atoms with Gasteiger partial charge in [0.2, 0.25) is 11.8 Å². The van der Waals surface area contributed by atoms with E-state index in [1.54, 1.807) is 18.9 Å². The van der Waals surface area contributed by atoms with Crippen molar-refractivity contribution in [3.8, 4) is 0 Å². The third kappa shape index (κ3) is 4.10. The number of aryl methyl sites for hydroxylation is 1. The molecule has 0 aliphatic rings. The van der Waals surface area contributed by atoms with E-state index in [9.17, 15) is 4.79 Å². The summed E-state index contributed by atoms with van der Waals surface area (Å²) in [4.78, 5) is 13.6. The van der Waals surface area contributed by atoms with Gasteiger partial charge in [0.15, 0.2) is 0 Å². The van der Waals surface area contributed by atoms with Crippen molar-refractivity contribution in [1.29, 1.82) is 0 Å². The van der Waals surface area contributed by atoms with Crippen LogP contribution in [0.3, 0.4) is 0 Å². The largest absolute Gasteiger partial charge is 0.416 e. The van der Waals surface area contributed by atoms with E-state index in [1.165, 1.54) is 11.8 Å². The van der Waals surface area contributed by atoms with Crippen molar-refractivity contribution in [2.45, 2.75) is 18.7 Å². The highest BCUT2D eigenvalue weighted by Crippen LogP contribution is 2.16. The minimum Gasteiger partial charge on any atom is -0.416 e. The third-order valence-corrected chi connectivity index (χ3v) is 3.32. The molecule has 0 radical (unpaired) electrons. The fourth-order valence-electron chi connectivity index (χ4n) is 1.52. The summed E-state index contributed by atoms with van der Waals surface area (Å²) in [5, 5.41) is 7.98. The number of hydrogen-bond acceptors (Lipinski definition) is 5. The molecule has 0 N–H and O–H groups in total. The van der Waals surface area contributed by atoms with Crippen LogP contribution in [0.2, 0.25) is 0 Å². The SMILES string of the molecule is Cc1nnc(SCC(=O)N(C)Cc2ccccc2)o1. The van der Waals surface area contributed by atoms with Gasteiger partial charge in [-0.15, -0.1) is 10.2 Å². The summed E-state index contributed by atoms with van der Waals surface area (Å²) in [5.74, 6) is 0.836. The molecule has 1 amide bonds. The predicted molar refractivity (Wildman–Crippen MR) is 72.7 cm³/mol. The van der Waals surface area contributed by atoms with Gasteiger partial charge in [-0.05, 0) is 5.56 Å². The first kappa shape index (κ1) is 13.6. The second-order valence-electron chi connectivity index (χ2n) is 4.11. The number of rotatable bonds is 5. The number of thioether (sulfide) groups is 1. The van der Waals surface area contributed by atoms with Crippen molar-refractivity contribution >= 4 is 17.7 Å². The third-order valence-electron chi connectivity index (χ3n) is 2.51. The molecule has 100 valence electrons. The minimum absolute atomic E-state index is 0.0321. The second-order valence-corrected chi connectivity index (χ2v) is 5.04. The van der Waals surface area contributed by atoms with Gasteiger partial charge in [-0.3, -0.25) is 4.79 Å². The van der Waals surface area contributed by atoms with Crippen LogP contribution in [0.4, 0.5) is 0 Å². The molecule has 0 spiro atoms. The van der Waals surface area contributed by atoms with E-state index in [1.807, 2.05) is 30.3 Å². The van der Waals surface area contributed by atoms with E-state index in [0.717, 1.165) is 5.56 Å². The highest BCUT2D eigenvalue weighted by molar-refractivity contribution is 7.99. The van der Waals surface area contributed by atoms with Crippen molar-refractivity contribution in [3.63, 3.8) is 0 Å². The Balaban J connectivity index is 1.82. The first-order chi connectivity index (χ1) is 9.15. The predicted octanol–water partition coefficient (Wildman–Crippen LogP) is 2.13. The molecule has 0 unspecified atom stereocenters. The maximum atomic E-state index is 11.9. The van der Waals surface area contributed by atoms with Crippen LogP contribution in [0.5, 0.6) is 0 Å². The Morgan fingerprint density at radius 1 is 1.32 bits per heavy atom. The molecule has 2 rings (SSSR count). The monoisotopic (exact) mass is 277 g/mol. The summed E-state index contributed by atoms with van der Waals surface area (Å²) in [6.07, 6.45) is 0. The Morgan fingerprint density at radius 3 is 2.68 bits per heavy atom. The standard InChI is InChI=1S/C13H15N3O2S/c1-10-14-15-13(18-10)19-9-12(17)16(2)8-11-6-4-3-5-7-11/h3-7H,8-9H2,1-2H3. The van der Waals surface area contributed by atoms with E-state index in [0.29, 0.717) is 23.4 Å². The Hall–Kier alpha value is -1.82. The summed E-state index contributed by atoms with van der Waals surface area (Å²) >= 11 is 1.26. The molecule has 6 heteroatoms. The first-order valence-corrected chi connectivity index (χ1v) is 6.84. The molecule has 5 nitrogen and oxygen atoms in total. The fraction of sp³-hybridized carbons (Fsp3) is 0.308. The lowest BCUT2D eigenvalue weighted by molar-refractivity contribution is -0.127. The zero-order chi connectivity index (χ0) is 13.7. The van der Waals surface area contributed by atoms with Gasteiger partial charge in [0.1, 0.15) is 0 Å². The Labute approximate surface area is 116 Å². The maximum absolute atomic E-state index is 11.9. The van der Waals surface area contributed by atoms with Gasteiger partial charge in [0.25, 0.3) is 5.22 Å². The molecular weight excluding hydrogens is 262 g/mol. The molecule has 0 saturated heterocycles. The zero-order valence-corrected chi connectivity index (χ0v) is 11.7. The van der Waals surface area contributed by atoms with Gasteiger partial charge in [0, 0.05) is 20.5 Å². The van der Waals surface area contributed by atoms with Crippen LogP contribution in [-0.2, 0) is 11.3 Å². The molecule has 1 heterocycles. The van der Waals surface area contributed by atoms with Crippen molar-refractivity contribution < 1.29 is 9.21 Å². The van der Waals surface area contributed by atoms with Gasteiger partial charge < -0.3 is 9.32 Å². The number of benzene rings is 1. The summed E-state index contributed by atoms with van der Waals surface area (Å²) in [6, 6.07) is 9.88. The number of amides is 1. The van der Waals surface area contributed by atoms with E-state index in [2.05, 4.69) is 10.2 Å². The average Bonchev–Trinajstić information content (AvgIpc) is 2.83. The number of carbonyl (C=O) groups excluding carboxylic acids is 1. The topological polar surface area (TPSA) is 59.2 Å². The smallest absolute Gasteiger partial charge is 0.277 e. The summed E-state index contributed by atoms with van der Waals surface area (Å²) in [6.45, 7) is 2.32. The molecule has 0 fully saturated rings. The Morgan fingerprint density at radius 2 is 2.05 bits per heavy atom. The van der Waals surface area contributed by atoms with Crippen molar-refractivity contribution in [1.82, 2.24) is 15.1 Å². The van der Waals surface area contributed by atoms with Crippen LogP contribution < -0.4 is 0 Å². The Bertz CT molecular complexity index is 542. The quantitative estimate of drug-likeness (QED) is 0.784. The van der Waals surface area contributed by atoms with Gasteiger partial charge in [-0.25, -0.2) is 0 Å².